The highest BCUT2D eigenvalue weighted by molar-refractivity contribution is 5.94. The molecule has 0 spiro atoms. The minimum atomic E-state index is -0.574. The van der Waals surface area contributed by atoms with Crippen LogP contribution in [-0.2, 0) is 13.0 Å². The molecule has 0 atom stereocenters. The zero-order valence-electron chi connectivity index (χ0n) is 16.6. The predicted octanol–water partition coefficient (Wildman–Crippen LogP) is 2.74. The number of nitrogens with two attached hydrogens (primary N) is 1. The summed E-state index contributed by atoms with van der Waals surface area (Å²) in [5.74, 6) is 0.705. The predicted molar refractivity (Wildman–Crippen MR) is 113 cm³/mol. The normalized spacial score (nSPS) is 10.3. The van der Waals surface area contributed by atoms with Crippen LogP contribution in [0.5, 0.6) is 11.5 Å². The Bertz CT molecular complexity index is 1020. The number of aromatic nitrogens is 1. The van der Waals surface area contributed by atoms with E-state index < -0.39 is 5.91 Å². The molecule has 0 bridgehead atoms. The first-order valence-corrected chi connectivity index (χ1v) is 9.44. The highest BCUT2D eigenvalue weighted by atomic mass is 16.5. The zero-order chi connectivity index (χ0) is 21.3. The van der Waals surface area contributed by atoms with Gasteiger partial charge in [-0.25, -0.2) is 0 Å². The SMILES string of the molecule is COc1ccc(C(=O)NCCc2cccc(OCc3ccnc(C(N)=O)c3)c2)cc1. The number of methoxy groups -OCH3 is 1. The Labute approximate surface area is 174 Å². The number of benzene rings is 2. The first-order chi connectivity index (χ1) is 14.5. The molecule has 0 aliphatic heterocycles. The van der Waals surface area contributed by atoms with E-state index in [-0.39, 0.29) is 11.6 Å². The van der Waals surface area contributed by atoms with Crippen molar-refractivity contribution >= 4 is 11.8 Å². The number of nitrogens with zero attached hydrogens (tertiary/aromatic N) is 1. The summed E-state index contributed by atoms with van der Waals surface area (Å²) in [5.41, 5.74) is 7.88. The smallest absolute Gasteiger partial charge is 0.267 e. The van der Waals surface area contributed by atoms with Crippen molar-refractivity contribution in [1.29, 1.82) is 0 Å². The lowest BCUT2D eigenvalue weighted by molar-refractivity contribution is 0.0952. The second-order valence-electron chi connectivity index (χ2n) is 6.58. The number of pyridine rings is 1. The molecule has 0 saturated carbocycles. The average molecular weight is 405 g/mol. The number of hydrogen-bond donors (Lipinski definition) is 2. The summed E-state index contributed by atoms with van der Waals surface area (Å²) >= 11 is 0. The lowest BCUT2D eigenvalue weighted by Gasteiger charge is -2.10. The third-order valence-electron chi connectivity index (χ3n) is 4.43. The van der Waals surface area contributed by atoms with Gasteiger partial charge in [-0.3, -0.25) is 14.6 Å². The van der Waals surface area contributed by atoms with E-state index in [4.69, 9.17) is 15.2 Å². The summed E-state index contributed by atoms with van der Waals surface area (Å²) in [6.07, 6.45) is 2.20. The number of carbonyl (C=O) groups excluding carboxylic acids is 2. The molecule has 2 amide bonds. The molecule has 3 rings (SSSR count). The molecule has 30 heavy (non-hydrogen) atoms. The van der Waals surface area contributed by atoms with Crippen LogP contribution in [0.3, 0.4) is 0 Å². The van der Waals surface area contributed by atoms with Gasteiger partial charge < -0.3 is 20.5 Å². The Balaban J connectivity index is 1.50. The van der Waals surface area contributed by atoms with Crippen LogP contribution < -0.4 is 20.5 Å². The molecular weight excluding hydrogens is 382 g/mol. The topological polar surface area (TPSA) is 104 Å². The van der Waals surface area contributed by atoms with Gasteiger partial charge in [0.1, 0.15) is 23.8 Å². The van der Waals surface area contributed by atoms with Gasteiger partial charge in [-0.1, -0.05) is 12.1 Å². The van der Waals surface area contributed by atoms with E-state index in [0.29, 0.717) is 36.6 Å². The van der Waals surface area contributed by atoms with Gasteiger partial charge in [0, 0.05) is 18.3 Å². The van der Waals surface area contributed by atoms with Crippen molar-refractivity contribution in [2.45, 2.75) is 13.0 Å². The Morgan fingerprint density at radius 3 is 2.53 bits per heavy atom. The summed E-state index contributed by atoms with van der Waals surface area (Å²) in [4.78, 5) is 27.4. The highest BCUT2D eigenvalue weighted by Gasteiger charge is 2.06. The molecule has 0 aliphatic carbocycles. The van der Waals surface area contributed by atoms with E-state index in [2.05, 4.69) is 10.3 Å². The van der Waals surface area contributed by atoms with Crippen LogP contribution in [0.15, 0.2) is 66.9 Å². The van der Waals surface area contributed by atoms with Crippen molar-refractivity contribution in [2.24, 2.45) is 5.73 Å². The third kappa shape index (κ3) is 5.81. The molecule has 1 aromatic heterocycles. The molecule has 3 aromatic rings. The number of primary amides is 1. The monoisotopic (exact) mass is 405 g/mol. The Hall–Kier alpha value is -3.87. The van der Waals surface area contributed by atoms with Crippen LogP contribution in [0.4, 0.5) is 0 Å². The molecule has 0 fully saturated rings. The molecule has 7 heteroatoms. The van der Waals surface area contributed by atoms with Gasteiger partial charge in [-0.05, 0) is 66.1 Å². The van der Waals surface area contributed by atoms with E-state index in [1.165, 1.54) is 6.20 Å². The molecule has 0 saturated heterocycles. The van der Waals surface area contributed by atoms with Crippen LogP contribution in [0.1, 0.15) is 32.0 Å². The maximum absolute atomic E-state index is 12.2. The Morgan fingerprint density at radius 1 is 1.00 bits per heavy atom. The van der Waals surface area contributed by atoms with Crippen LogP contribution in [0.25, 0.3) is 0 Å². The van der Waals surface area contributed by atoms with Gasteiger partial charge in [0.05, 0.1) is 7.11 Å². The quantitative estimate of drug-likeness (QED) is 0.570. The number of ether oxygens (including phenoxy) is 2. The zero-order valence-corrected chi connectivity index (χ0v) is 16.6. The minimum absolute atomic E-state index is 0.131. The number of amides is 2. The van der Waals surface area contributed by atoms with Gasteiger partial charge in [0.2, 0.25) is 0 Å². The van der Waals surface area contributed by atoms with Crippen LogP contribution in [-0.4, -0.2) is 30.5 Å². The average Bonchev–Trinajstić information content (AvgIpc) is 2.78. The van der Waals surface area contributed by atoms with Crippen molar-refractivity contribution in [1.82, 2.24) is 10.3 Å². The molecule has 0 radical (unpaired) electrons. The lowest BCUT2D eigenvalue weighted by Crippen LogP contribution is -2.25. The van der Waals surface area contributed by atoms with Crippen LogP contribution in [0, 0.1) is 0 Å². The van der Waals surface area contributed by atoms with Crippen molar-refractivity contribution in [3.63, 3.8) is 0 Å². The second kappa shape index (κ2) is 10.1. The van der Waals surface area contributed by atoms with Crippen molar-refractivity contribution < 1.29 is 19.1 Å². The van der Waals surface area contributed by atoms with Gasteiger partial charge in [-0.2, -0.15) is 0 Å². The summed E-state index contributed by atoms with van der Waals surface area (Å²) < 4.78 is 10.9. The van der Waals surface area contributed by atoms with E-state index in [1.54, 1.807) is 43.5 Å². The van der Waals surface area contributed by atoms with E-state index in [9.17, 15) is 9.59 Å². The summed E-state index contributed by atoms with van der Waals surface area (Å²) in [6.45, 7) is 0.793. The second-order valence-corrected chi connectivity index (χ2v) is 6.58. The molecule has 2 aromatic carbocycles. The Kier molecular flexibility index (Phi) is 7.00. The Morgan fingerprint density at radius 2 is 1.80 bits per heavy atom. The first kappa shape index (κ1) is 20.9. The van der Waals surface area contributed by atoms with Gasteiger partial charge >= 0.3 is 0 Å². The largest absolute Gasteiger partial charge is 0.497 e. The van der Waals surface area contributed by atoms with E-state index in [1.807, 2.05) is 24.3 Å². The van der Waals surface area contributed by atoms with Crippen molar-refractivity contribution in [3.8, 4) is 11.5 Å². The molecular formula is C23H23N3O4. The summed E-state index contributed by atoms with van der Waals surface area (Å²) in [5, 5.41) is 2.91. The number of rotatable bonds is 9. The first-order valence-electron chi connectivity index (χ1n) is 9.44. The maximum Gasteiger partial charge on any atom is 0.267 e. The number of hydrogen-bond acceptors (Lipinski definition) is 5. The summed E-state index contributed by atoms with van der Waals surface area (Å²) in [6, 6.07) is 18.0. The number of carbonyl (C=O) groups is 2. The fourth-order valence-corrected chi connectivity index (χ4v) is 2.82. The number of nitrogens with one attached hydrogen (secondary N) is 1. The summed E-state index contributed by atoms with van der Waals surface area (Å²) in [7, 11) is 1.59. The molecule has 7 nitrogen and oxygen atoms in total. The van der Waals surface area contributed by atoms with E-state index >= 15 is 0 Å². The van der Waals surface area contributed by atoms with Gasteiger partial charge in [0.25, 0.3) is 11.8 Å². The fraction of sp³-hybridized carbons (Fsp3) is 0.174. The molecule has 0 aliphatic rings. The van der Waals surface area contributed by atoms with E-state index in [0.717, 1.165) is 11.1 Å². The fourth-order valence-electron chi connectivity index (χ4n) is 2.82. The van der Waals surface area contributed by atoms with Crippen molar-refractivity contribution in [2.75, 3.05) is 13.7 Å². The maximum atomic E-state index is 12.2. The molecule has 1 heterocycles. The third-order valence-corrected chi connectivity index (χ3v) is 4.43. The standard InChI is InChI=1S/C23H23N3O4/c1-29-19-7-5-18(6-8-19)23(28)26-12-9-16-3-2-4-20(13-16)30-15-17-10-11-25-21(14-17)22(24)27/h2-8,10-11,13-14H,9,12,15H2,1H3,(H2,24,27)(H,26,28). The van der Waals surface area contributed by atoms with Crippen LogP contribution in [0.2, 0.25) is 0 Å². The molecule has 154 valence electrons. The minimum Gasteiger partial charge on any atom is -0.497 e. The molecule has 0 unspecified atom stereocenters. The lowest BCUT2D eigenvalue weighted by atomic mass is 10.1. The van der Waals surface area contributed by atoms with Gasteiger partial charge in [0.15, 0.2) is 0 Å². The molecule has 3 N–H and O–H groups in total. The highest BCUT2D eigenvalue weighted by Crippen LogP contribution is 2.16. The van der Waals surface area contributed by atoms with Gasteiger partial charge in [-0.15, -0.1) is 0 Å². The van der Waals surface area contributed by atoms with Crippen molar-refractivity contribution in [3.05, 3.63) is 89.2 Å². The van der Waals surface area contributed by atoms with Crippen LogP contribution >= 0.6 is 0 Å².